The number of ether oxygens (including phenoxy) is 2. The predicted molar refractivity (Wildman–Crippen MR) is 71.1 cm³/mol. The molecule has 2 rings (SSSR count). The maximum atomic E-state index is 10.1. The molecule has 4 heteroatoms. The summed E-state index contributed by atoms with van der Waals surface area (Å²) >= 11 is 0. The highest BCUT2D eigenvalue weighted by atomic mass is 16.5. The van der Waals surface area contributed by atoms with Crippen molar-refractivity contribution in [2.75, 3.05) is 20.0 Å². The van der Waals surface area contributed by atoms with Crippen molar-refractivity contribution in [3.8, 4) is 28.4 Å². The maximum absolute atomic E-state index is 10.1. The third-order valence-corrected chi connectivity index (χ3v) is 2.75. The van der Waals surface area contributed by atoms with Crippen molar-refractivity contribution in [3.05, 3.63) is 36.4 Å². The summed E-state index contributed by atoms with van der Waals surface area (Å²) in [6.45, 7) is 0. The fourth-order valence-corrected chi connectivity index (χ4v) is 1.90. The first-order valence-corrected chi connectivity index (χ1v) is 5.48. The minimum Gasteiger partial charge on any atom is -0.507 e. The second-order valence-electron chi connectivity index (χ2n) is 3.79. The van der Waals surface area contributed by atoms with Gasteiger partial charge in [0.2, 0.25) is 0 Å². The van der Waals surface area contributed by atoms with Gasteiger partial charge in [0.1, 0.15) is 17.2 Å². The van der Waals surface area contributed by atoms with Crippen LogP contribution < -0.4 is 15.2 Å². The Kier molecular flexibility index (Phi) is 3.28. The lowest BCUT2D eigenvalue weighted by Crippen LogP contribution is -1.99. The third kappa shape index (κ3) is 1.93. The first-order chi connectivity index (χ1) is 8.69. The van der Waals surface area contributed by atoms with Crippen LogP contribution in [0.15, 0.2) is 36.4 Å². The summed E-state index contributed by atoms with van der Waals surface area (Å²) in [6.07, 6.45) is 0. The van der Waals surface area contributed by atoms with Crippen LogP contribution in [-0.2, 0) is 0 Å². The van der Waals surface area contributed by atoms with Gasteiger partial charge in [0, 0.05) is 6.07 Å². The Bertz CT molecular complexity index is 553. The molecule has 0 saturated carbocycles. The van der Waals surface area contributed by atoms with Crippen molar-refractivity contribution >= 4 is 5.69 Å². The van der Waals surface area contributed by atoms with Gasteiger partial charge in [-0.1, -0.05) is 30.3 Å². The van der Waals surface area contributed by atoms with Crippen molar-refractivity contribution in [2.45, 2.75) is 0 Å². The Balaban J connectivity index is 2.71. The van der Waals surface area contributed by atoms with E-state index in [1.807, 2.05) is 30.3 Å². The average molecular weight is 245 g/mol. The highest BCUT2D eigenvalue weighted by Gasteiger charge is 2.18. The molecule has 2 aromatic rings. The summed E-state index contributed by atoms with van der Waals surface area (Å²) in [5, 5.41) is 10.1. The van der Waals surface area contributed by atoms with E-state index in [4.69, 9.17) is 15.2 Å². The molecule has 94 valence electrons. The van der Waals surface area contributed by atoms with Gasteiger partial charge >= 0.3 is 0 Å². The van der Waals surface area contributed by atoms with E-state index in [-0.39, 0.29) is 5.75 Å². The number of nitrogens with two attached hydrogens (primary N) is 1. The largest absolute Gasteiger partial charge is 0.507 e. The van der Waals surface area contributed by atoms with Crippen LogP contribution in [0, 0.1) is 0 Å². The van der Waals surface area contributed by atoms with Gasteiger partial charge in [-0.15, -0.1) is 0 Å². The lowest BCUT2D eigenvalue weighted by Gasteiger charge is -2.15. The summed E-state index contributed by atoms with van der Waals surface area (Å²) in [5.74, 6) is 0.881. The number of hydrogen-bond donors (Lipinski definition) is 2. The van der Waals surface area contributed by atoms with Gasteiger partial charge in [0.05, 0.1) is 19.8 Å². The number of rotatable bonds is 3. The predicted octanol–water partition coefficient (Wildman–Crippen LogP) is 2.66. The smallest absolute Gasteiger partial charge is 0.157 e. The Morgan fingerprint density at radius 1 is 1.06 bits per heavy atom. The highest BCUT2D eigenvalue weighted by Crippen LogP contribution is 2.46. The lowest BCUT2D eigenvalue weighted by atomic mass is 10.0. The molecule has 0 saturated heterocycles. The Morgan fingerprint density at radius 3 is 2.28 bits per heavy atom. The standard InChI is InChI=1S/C14H15NO3/c1-17-11-8-10(16)12(14(18-2)13(11)15)9-6-4-3-5-7-9/h3-8,16H,15H2,1-2H3. The zero-order valence-corrected chi connectivity index (χ0v) is 10.3. The first-order valence-electron chi connectivity index (χ1n) is 5.48. The van der Waals surface area contributed by atoms with E-state index in [2.05, 4.69) is 0 Å². The molecule has 0 aliphatic heterocycles. The van der Waals surface area contributed by atoms with Crippen LogP contribution in [0.2, 0.25) is 0 Å². The van der Waals surface area contributed by atoms with E-state index in [1.165, 1.54) is 20.3 Å². The highest BCUT2D eigenvalue weighted by molar-refractivity contribution is 5.85. The van der Waals surface area contributed by atoms with Crippen molar-refractivity contribution in [3.63, 3.8) is 0 Å². The number of aromatic hydroxyl groups is 1. The molecule has 0 atom stereocenters. The summed E-state index contributed by atoms with van der Waals surface area (Å²) in [4.78, 5) is 0. The van der Waals surface area contributed by atoms with Crippen LogP contribution in [0.4, 0.5) is 5.69 Å². The van der Waals surface area contributed by atoms with Gasteiger partial charge in [-0.25, -0.2) is 0 Å². The molecule has 18 heavy (non-hydrogen) atoms. The minimum atomic E-state index is 0.0732. The van der Waals surface area contributed by atoms with E-state index in [0.717, 1.165) is 5.56 Å². The molecular weight excluding hydrogens is 230 g/mol. The molecule has 2 aromatic carbocycles. The normalized spacial score (nSPS) is 10.1. The van der Waals surface area contributed by atoms with Crippen molar-refractivity contribution in [1.29, 1.82) is 0 Å². The SMILES string of the molecule is COc1cc(O)c(-c2ccccc2)c(OC)c1N. The van der Waals surface area contributed by atoms with Crippen molar-refractivity contribution in [1.82, 2.24) is 0 Å². The average Bonchev–Trinajstić information content (AvgIpc) is 2.41. The van der Waals surface area contributed by atoms with Crippen molar-refractivity contribution in [2.24, 2.45) is 0 Å². The van der Waals surface area contributed by atoms with Crippen LogP contribution >= 0.6 is 0 Å². The Labute approximate surface area is 106 Å². The number of hydrogen-bond acceptors (Lipinski definition) is 4. The van der Waals surface area contributed by atoms with Crippen molar-refractivity contribution < 1.29 is 14.6 Å². The van der Waals surface area contributed by atoms with Gasteiger partial charge in [-0.3, -0.25) is 0 Å². The molecule has 0 radical (unpaired) electrons. The molecule has 0 bridgehead atoms. The molecule has 0 aliphatic carbocycles. The monoisotopic (exact) mass is 245 g/mol. The molecule has 0 spiro atoms. The number of phenolic OH excluding ortho intramolecular Hbond substituents is 1. The second kappa shape index (κ2) is 4.87. The maximum Gasteiger partial charge on any atom is 0.157 e. The van der Waals surface area contributed by atoms with Gasteiger partial charge in [0.15, 0.2) is 5.75 Å². The lowest BCUT2D eigenvalue weighted by molar-refractivity contribution is 0.390. The molecule has 3 N–H and O–H groups in total. The van der Waals surface area contributed by atoms with Crippen LogP contribution in [0.1, 0.15) is 0 Å². The zero-order chi connectivity index (χ0) is 13.1. The van der Waals surface area contributed by atoms with E-state index in [9.17, 15) is 5.11 Å². The van der Waals surface area contributed by atoms with Crippen LogP contribution in [0.3, 0.4) is 0 Å². The molecule has 0 aromatic heterocycles. The summed E-state index contributed by atoms with van der Waals surface area (Å²) < 4.78 is 10.4. The van der Waals surface area contributed by atoms with Crippen LogP contribution in [0.25, 0.3) is 11.1 Å². The van der Waals surface area contributed by atoms with Crippen LogP contribution in [-0.4, -0.2) is 19.3 Å². The van der Waals surface area contributed by atoms with E-state index in [0.29, 0.717) is 22.7 Å². The minimum absolute atomic E-state index is 0.0732. The van der Waals surface area contributed by atoms with E-state index < -0.39 is 0 Å². The van der Waals surface area contributed by atoms with E-state index in [1.54, 1.807) is 0 Å². The summed E-state index contributed by atoms with van der Waals surface area (Å²) in [5.41, 5.74) is 7.72. The first kappa shape index (κ1) is 12.1. The van der Waals surface area contributed by atoms with E-state index >= 15 is 0 Å². The fourth-order valence-electron chi connectivity index (χ4n) is 1.90. The fraction of sp³-hybridized carbons (Fsp3) is 0.143. The molecule has 0 unspecified atom stereocenters. The number of methoxy groups -OCH3 is 2. The summed E-state index contributed by atoms with van der Waals surface area (Å²) in [6, 6.07) is 10.9. The quantitative estimate of drug-likeness (QED) is 0.644. The number of phenols is 1. The molecular formula is C14H15NO3. The topological polar surface area (TPSA) is 64.7 Å². The Hall–Kier alpha value is -2.36. The number of nitrogen functional groups attached to an aromatic ring is 1. The van der Waals surface area contributed by atoms with Gasteiger partial charge in [0.25, 0.3) is 0 Å². The van der Waals surface area contributed by atoms with Gasteiger partial charge in [-0.05, 0) is 5.56 Å². The molecule has 0 aliphatic rings. The molecule has 0 amide bonds. The zero-order valence-electron chi connectivity index (χ0n) is 10.3. The molecule has 4 nitrogen and oxygen atoms in total. The Morgan fingerprint density at radius 2 is 1.72 bits per heavy atom. The second-order valence-corrected chi connectivity index (χ2v) is 3.79. The van der Waals surface area contributed by atoms with Gasteiger partial charge < -0.3 is 20.3 Å². The molecule has 0 fully saturated rings. The van der Waals surface area contributed by atoms with Gasteiger partial charge in [-0.2, -0.15) is 0 Å². The summed E-state index contributed by atoms with van der Waals surface area (Å²) in [7, 11) is 3.00. The number of benzene rings is 2. The third-order valence-electron chi connectivity index (χ3n) is 2.75. The molecule has 0 heterocycles. The number of anilines is 1. The van der Waals surface area contributed by atoms with Crippen LogP contribution in [0.5, 0.6) is 17.2 Å².